The van der Waals surface area contributed by atoms with Gasteiger partial charge < -0.3 is 15.3 Å². The van der Waals surface area contributed by atoms with Crippen molar-refractivity contribution in [2.24, 2.45) is 5.73 Å². The second-order valence-electron chi connectivity index (χ2n) is 3.89. The smallest absolute Gasteiger partial charge is 0.320 e. The van der Waals surface area contributed by atoms with Crippen molar-refractivity contribution in [2.75, 3.05) is 5.75 Å². The fourth-order valence-electron chi connectivity index (χ4n) is 1.33. The van der Waals surface area contributed by atoms with Gasteiger partial charge in [0.05, 0.1) is 14.4 Å². The molecule has 0 amide bonds. The van der Waals surface area contributed by atoms with Gasteiger partial charge in [-0.15, -0.1) is 21.5 Å². The lowest BCUT2D eigenvalue weighted by Crippen LogP contribution is -2.30. The third kappa shape index (κ3) is 4.30. The van der Waals surface area contributed by atoms with Crippen molar-refractivity contribution in [3.05, 3.63) is 21.8 Å². The number of hydrogen-bond acceptors (Lipinski definition) is 7. The minimum Gasteiger partial charge on any atom is -0.480 e. The summed E-state index contributed by atoms with van der Waals surface area (Å²) in [6, 6.07) is 3.01. The number of carbonyl (C=O) groups is 1. The summed E-state index contributed by atoms with van der Waals surface area (Å²) in [7, 11) is 0. The second-order valence-corrected chi connectivity index (χ2v) is 7.46. The van der Waals surface area contributed by atoms with E-state index in [4.69, 9.17) is 15.3 Å². The summed E-state index contributed by atoms with van der Waals surface area (Å²) in [6.45, 7) is 0. The van der Waals surface area contributed by atoms with E-state index in [-0.39, 0.29) is 0 Å². The van der Waals surface area contributed by atoms with Crippen LogP contribution in [0, 0.1) is 0 Å². The number of rotatable bonds is 7. The topological polar surface area (TPSA) is 102 Å². The lowest BCUT2D eigenvalue weighted by molar-refractivity contribution is -0.138. The zero-order chi connectivity index (χ0) is 14.5. The molecule has 0 bridgehead atoms. The fourth-order valence-corrected chi connectivity index (χ4v) is 3.50. The van der Waals surface area contributed by atoms with Gasteiger partial charge in [-0.25, -0.2) is 0 Å². The molecule has 3 N–H and O–H groups in total. The molecule has 108 valence electrons. The van der Waals surface area contributed by atoms with Gasteiger partial charge in [0.25, 0.3) is 5.89 Å². The standard InChI is InChI=1S/C11H12BrN3O3S2/c12-8-2-1-7(20-8)10-15-14-9(18-10)5-19-4-3-6(13)11(16)17/h1-2,6H,3-5,13H2,(H,16,17). The largest absolute Gasteiger partial charge is 0.480 e. The van der Waals surface area contributed by atoms with Gasteiger partial charge >= 0.3 is 5.97 Å². The lowest BCUT2D eigenvalue weighted by atomic mass is 10.2. The number of nitrogens with zero attached hydrogens (tertiary/aromatic N) is 2. The Bertz CT molecular complexity index is 587. The van der Waals surface area contributed by atoms with Crippen LogP contribution in [0.5, 0.6) is 0 Å². The number of carboxylic acids is 1. The molecule has 20 heavy (non-hydrogen) atoms. The Morgan fingerprint density at radius 3 is 3.00 bits per heavy atom. The summed E-state index contributed by atoms with van der Waals surface area (Å²) in [4.78, 5) is 11.5. The molecular weight excluding hydrogens is 366 g/mol. The van der Waals surface area contributed by atoms with Crippen LogP contribution in [-0.2, 0) is 10.5 Å². The first kappa shape index (κ1) is 15.5. The molecule has 0 radical (unpaired) electrons. The van der Waals surface area contributed by atoms with E-state index in [1.54, 1.807) is 0 Å². The predicted molar refractivity (Wildman–Crippen MR) is 81.7 cm³/mol. The number of carboxylic acid groups (broad SMARTS) is 1. The van der Waals surface area contributed by atoms with Gasteiger partial charge in [0.15, 0.2) is 0 Å². The highest BCUT2D eigenvalue weighted by Gasteiger charge is 2.13. The predicted octanol–water partition coefficient (Wildman–Crippen LogP) is 2.60. The monoisotopic (exact) mass is 377 g/mol. The molecule has 0 spiro atoms. The quantitative estimate of drug-likeness (QED) is 0.714. The molecule has 6 nitrogen and oxygen atoms in total. The van der Waals surface area contributed by atoms with E-state index in [0.29, 0.717) is 29.7 Å². The summed E-state index contributed by atoms with van der Waals surface area (Å²) in [6.07, 6.45) is 0.416. The first-order chi connectivity index (χ1) is 9.56. The van der Waals surface area contributed by atoms with Gasteiger partial charge in [-0.3, -0.25) is 4.79 Å². The van der Waals surface area contributed by atoms with Gasteiger partial charge in [0.1, 0.15) is 6.04 Å². The van der Waals surface area contributed by atoms with E-state index in [9.17, 15) is 4.79 Å². The summed E-state index contributed by atoms with van der Waals surface area (Å²) < 4.78 is 6.54. The van der Waals surface area contributed by atoms with Crippen LogP contribution >= 0.6 is 39.0 Å². The Hall–Kier alpha value is -0.900. The molecule has 0 aliphatic carbocycles. The van der Waals surface area contributed by atoms with Crippen LogP contribution in [-0.4, -0.2) is 33.1 Å². The summed E-state index contributed by atoms with van der Waals surface area (Å²) in [5.41, 5.74) is 5.41. The molecule has 1 unspecified atom stereocenters. The van der Waals surface area contributed by atoms with Crippen molar-refractivity contribution in [1.82, 2.24) is 10.2 Å². The second kappa shape index (κ2) is 7.21. The number of thiophene rings is 1. The van der Waals surface area contributed by atoms with Gasteiger partial charge in [0, 0.05) is 0 Å². The number of aromatic nitrogens is 2. The van der Waals surface area contributed by atoms with Crippen LogP contribution < -0.4 is 5.73 Å². The average molecular weight is 378 g/mol. The van der Waals surface area contributed by atoms with Crippen molar-refractivity contribution < 1.29 is 14.3 Å². The molecule has 2 heterocycles. The summed E-state index contributed by atoms with van der Waals surface area (Å²) in [5, 5.41) is 16.6. The van der Waals surface area contributed by atoms with Crippen molar-refractivity contribution in [3.8, 4) is 10.8 Å². The highest BCUT2D eigenvalue weighted by Crippen LogP contribution is 2.30. The zero-order valence-electron chi connectivity index (χ0n) is 10.3. The first-order valence-electron chi connectivity index (χ1n) is 5.70. The van der Waals surface area contributed by atoms with Crippen LogP contribution in [0.4, 0.5) is 0 Å². The van der Waals surface area contributed by atoms with E-state index in [0.717, 1.165) is 8.66 Å². The van der Waals surface area contributed by atoms with E-state index in [1.165, 1.54) is 23.1 Å². The lowest BCUT2D eigenvalue weighted by Gasteiger charge is -2.04. The highest BCUT2D eigenvalue weighted by atomic mass is 79.9. The third-order valence-corrected chi connectivity index (χ3v) is 4.95. The fraction of sp³-hybridized carbons (Fsp3) is 0.364. The molecule has 0 aliphatic heterocycles. The zero-order valence-corrected chi connectivity index (χ0v) is 13.5. The number of hydrogen-bond donors (Lipinski definition) is 2. The molecule has 2 rings (SSSR count). The maximum absolute atomic E-state index is 10.5. The normalized spacial score (nSPS) is 12.5. The van der Waals surface area contributed by atoms with Crippen LogP contribution in [0.3, 0.4) is 0 Å². The minimum atomic E-state index is -0.978. The van der Waals surface area contributed by atoms with Crippen molar-refractivity contribution in [2.45, 2.75) is 18.2 Å². The Morgan fingerprint density at radius 1 is 1.55 bits per heavy atom. The number of halogens is 1. The molecule has 2 aromatic heterocycles. The van der Waals surface area contributed by atoms with E-state index < -0.39 is 12.0 Å². The van der Waals surface area contributed by atoms with Crippen LogP contribution in [0.2, 0.25) is 0 Å². The molecule has 1 atom stereocenters. The maximum Gasteiger partial charge on any atom is 0.320 e. The van der Waals surface area contributed by atoms with Gasteiger partial charge in [0.2, 0.25) is 5.89 Å². The number of aliphatic carboxylic acids is 1. The van der Waals surface area contributed by atoms with Gasteiger partial charge in [-0.1, -0.05) is 0 Å². The first-order valence-corrected chi connectivity index (χ1v) is 8.47. The van der Waals surface area contributed by atoms with Crippen molar-refractivity contribution >= 4 is 45.0 Å². The molecule has 0 saturated carbocycles. The third-order valence-electron chi connectivity index (χ3n) is 2.37. The molecule has 9 heteroatoms. The van der Waals surface area contributed by atoms with Gasteiger partial charge in [-0.2, -0.15) is 11.8 Å². The molecule has 0 saturated heterocycles. The van der Waals surface area contributed by atoms with E-state index >= 15 is 0 Å². The highest BCUT2D eigenvalue weighted by molar-refractivity contribution is 9.11. The SMILES string of the molecule is NC(CCSCc1nnc(-c2ccc(Br)s2)o1)C(=O)O. The Balaban J connectivity index is 1.80. The summed E-state index contributed by atoms with van der Waals surface area (Å²) >= 11 is 6.42. The molecule has 0 aromatic carbocycles. The maximum atomic E-state index is 10.5. The minimum absolute atomic E-state index is 0.416. The number of nitrogens with two attached hydrogens (primary N) is 1. The van der Waals surface area contributed by atoms with Gasteiger partial charge in [-0.05, 0) is 40.2 Å². The average Bonchev–Trinajstić information content (AvgIpc) is 3.03. The van der Waals surface area contributed by atoms with Crippen molar-refractivity contribution in [3.63, 3.8) is 0 Å². The Labute approximate surface area is 131 Å². The molecule has 0 aliphatic rings. The van der Waals surface area contributed by atoms with Crippen molar-refractivity contribution in [1.29, 1.82) is 0 Å². The van der Waals surface area contributed by atoms with Crippen LogP contribution in [0.15, 0.2) is 20.3 Å². The van der Waals surface area contributed by atoms with E-state index in [1.807, 2.05) is 12.1 Å². The number of thioether (sulfide) groups is 1. The molecule has 0 fully saturated rings. The molecular formula is C11H12BrN3O3S2. The molecule has 2 aromatic rings. The summed E-state index contributed by atoms with van der Waals surface area (Å²) in [5.74, 6) is 1.23. The Morgan fingerprint density at radius 2 is 2.35 bits per heavy atom. The Kier molecular flexibility index (Phi) is 5.58. The van der Waals surface area contributed by atoms with Crippen LogP contribution in [0.25, 0.3) is 10.8 Å². The van der Waals surface area contributed by atoms with E-state index in [2.05, 4.69) is 26.1 Å². The van der Waals surface area contributed by atoms with Crippen LogP contribution in [0.1, 0.15) is 12.3 Å².